The number of nitrogens with one attached hydrogen (secondary N) is 1. The zero-order valence-electron chi connectivity index (χ0n) is 8.94. The Hall–Kier alpha value is -1.61. The van der Waals surface area contributed by atoms with Crippen LogP contribution in [0.15, 0.2) is 36.5 Å². The minimum absolute atomic E-state index is 0.249. The molecule has 0 fully saturated rings. The van der Waals surface area contributed by atoms with Gasteiger partial charge >= 0.3 is 0 Å². The lowest BCUT2D eigenvalue weighted by molar-refractivity contribution is 1.13. The minimum atomic E-state index is 0.249. The molecule has 0 aliphatic carbocycles. The quantitative estimate of drug-likeness (QED) is 0.826. The molecule has 1 aromatic carbocycles. The Morgan fingerprint density at radius 2 is 2.06 bits per heavy atom. The van der Waals surface area contributed by atoms with Crippen LogP contribution < -0.4 is 5.32 Å². The number of nitrogens with zero attached hydrogens (tertiary/aromatic N) is 2. The molecular weight excluding hydrogens is 222 g/mol. The highest BCUT2D eigenvalue weighted by Crippen LogP contribution is 2.20. The fourth-order valence-corrected chi connectivity index (χ4v) is 1.64. The number of aryl methyl sites for hydroxylation is 1. The Kier molecular flexibility index (Phi) is 3.37. The maximum Gasteiger partial charge on any atom is 0.224 e. The molecule has 1 heterocycles. The van der Waals surface area contributed by atoms with Crippen molar-refractivity contribution in [3.05, 3.63) is 47.4 Å². The van der Waals surface area contributed by atoms with Crippen molar-refractivity contribution in [1.82, 2.24) is 9.97 Å². The van der Waals surface area contributed by atoms with Gasteiger partial charge in [-0.15, -0.1) is 0 Å². The third-order valence-corrected chi connectivity index (χ3v) is 2.47. The van der Waals surface area contributed by atoms with Gasteiger partial charge in [0.1, 0.15) is 5.82 Å². The van der Waals surface area contributed by atoms with Crippen LogP contribution in [0.4, 0.5) is 11.5 Å². The van der Waals surface area contributed by atoms with Gasteiger partial charge in [-0.3, -0.25) is 0 Å². The molecule has 0 saturated carbocycles. The van der Waals surface area contributed by atoms with E-state index in [-0.39, 0.29) is 5.28 Å². The summed E-state index contributed by atoms with van der Waals surface area (Å²) in [4.78, 5) is 7.93. The first-order valence-corrected chi connectivity index (χ1v) is 5.51. The van der Waals surface area contributed by atoms with Crippen LogP contribution >= 0.6 is 11.6 Å². The Morgan fingerprint density at radius 1 is 1.25 bits per heavy atom. The van der Waals surface area contributed by atoms with Crippen LogP contribution in [-0.2, 0) is 6.42 Å². The number of rotatable bonds is 3. The smallest absolute Gasteiger partial charge is 0.224 e. The first-order chi connectivity index (χ1) is 7.79. The molecule has 0 unspecified atom stereocenters. The van der Waals surface area contributed by atoms with Crippen molar-refractivity contribution >= 4 is 23.1 Å². The van der Waals surface area contributed by atoms with Gasteiger partial charge in [0, 0.05) is 11.9 Å². The van der Waals surface area contributed by atoms with Crippen LogP contribution in [0.2, 0.25) is 5.28 Å². The van der Waals surface area contributed by atoms with Gasteiger partial charge in [-0.2, -0.15) is 0 Å². The molecule has 0 atom stereocenters. The predicted molar refractivity (Wildman–Crippen MR) is 66.1 cm³/mol. The molecule has 0 saturated heterocycles. The lowest BCUT2D eigenvalue weighted by Crippen LogP contribution is -1.97. The number of hydrogen-bond acceptors (Lipinski definition) is 3. The Bertz CT molecular complexity index is 485. The van der Waals surface area contributed by atoms with E-state index in [0.29, 0.717) is 5.82 Å². The van der Waals surface area contributed by atoms with Crippen molar-refractivity contribution in [2.24, 2.45) is 0 Å². The zero-order valence-corrected chi connectivity index (χ0v) is 9.70. The number of para-hydroxylation sites is 1. The molecule has 2 rings (SSSR count). The van der Waals surface area contributed by atoms with E-state index in [0.717, 1.165) is 12.1 Å². The van der Waals surface area contributed by atoms with Crippen LogP contribution in [0.25, 0.3) is 0 Å². The molecule has 0 amide bonds. The summed E-state index contributed by atoms with van der Waals surface area (Å²) in [7, 11) is 0. The maximum absolute atomic E-state index is 5.72. The highest BCUT2D eigenvalue weighted by molar-refractivity contribution is 6.28. The second-order valence-corrected chi connectivity index (χ2v) is 3.68. The molecule has 0 aliphatic rings. The van der Waals surface area contributed by atoms with Gasteiger partial charge in [0.2, 0.25) is 5.28 Å². The lowest BCUT2D eigenvalue weighted by Gasteiger charge is -2.09. The number of benzene rings is 1. The van der Waals surface area contributed by atoms with Crippen molar-refractivity contribution in [2.45, 2.75) is 13.3 Å². The predicted octanol–water partition coefficient (Wildman–Crippen LogP) is 3.44. The standard InChI is InChI=1S/C12H12ClN3/c1-2-9-5-3-4-6-10(9)15-11-7-8-14-12(13)16-11/h3-8H,2H2,1H3,(H,14,15,16). The lowest BCUT2D eigenvalue weighted by atomic mass is 10.1. The average molecular weight is 234 g/mol. The summed E-state index contributed by atoms with van der Waals surface area (Å²) >= 11 is 5.72. The van der Waals surface area contributed by atoms with Crippen molar-refractivity contribution in [3.8, 4) is 0 Å². The van der Waals surface area contributed by atoms with Gasteiger partial charge in [0.05, 0.1) is 0 Å². The van der Waals surface area contributed by atoms with Crippen LogP contribution in [0.1, 0.15) is 12.5 Å². The van der Waals surface area contributed by atoms with Crippen molar-refractivity contribution in [2.75, 3.05) is 5.32 Å². The Balaban J connectivity index is 2.26. The highest BCUT2D eigenvalue weighted by atomic mass is 35.5. The summed E-state index contributed by atoms with van der Waals surface area (Å²) in [6.07, 6.45) is 2.61. The van der Waals surface area contributed by atoms with Gasteiger partial charge in [-0.1, -0.05) is 25.1 Å². The van der Waals surface area contributed by atoms with Crippen LogP contribution in [0.3, 0.4) is 0 Å². The van der Waals surface area contributed by atoms with E-state index in [1.54, 1.807) is 12.3 Å². The molecule has 0 bridgehead atoms. The normalized spacial score (nSPS) is 10.1. The third-order valence-electron chi connectivity index (χ3n) is 2.29. The largest absolute Gasteiger partial charge is 0.340 e. The first kappa shape index (κ1) is 10.9. The fourth-order valence-electron chi connectivity index (χ4n) is 1.49. The van der Waals surface area contributed by atoms with Gasteiger partial charge in [0.25, 0.3) is 0 Å². The van der Waals surface area contributed by atoms with Crippen molar-refractivity contribution in [3.63, 3.8) is 0 Å². The molecule has 82 valence electrons. The van der Waals surface area contributed by atoms with E-state index < -0.39 is 0 Å². The minimum Gasteiger partial charge on any atom is -0.340 e. The molecule has 0 radical (unpaired) electrons. The van der Waals surface area contributed by atoms with Crippen LogP contribution in [0, 0.1) is 0 Å². The SMILES string of the molecule is CCc1ccccc1Nc1ccnc(Cl)n1. The van der Waals surface area contributed by atoms with Gasteiger partial charge < -0.3 is 5.32 Å². The summed E-state index contributed by atoms with van der Waals surface area (Å²) in [6, 6.07) is 9.92. The summed E-state index contributed by atoms with van der Waals surface area (Å²) in [5, 5.41) is 3.48. The summed E-state index contributed by atoms with van der Waals surface area (Å²) in [6.45, 7) is 2.12. The van der Waals surface area contributed by atoms with Crippen molar-refractivity contribution in [1.29, 1.82) is 0 Å². The average Bonchev–Trinajstić information content (AvgIpc) is 2.30. The summed E-state index contributed by atoms with van der Waals surface area (Å²) in [5.41, 5.74) is 2.30. The maximum atomic E-state index is 5.72. The van der Waals surface area contributed by atoms with Gasteiger partial charge in [-0.05, 0) is 35.7 Å². The molecule has 1 aromatic heterocycles. The van der Waals surface area contributed by atoms with Crippen LogP contribution in [0.5, 0.6) is 0 Å². The topological polar surface area (TPSA) is 37.8 Å². The molecule has 4 heteroatoms. The van der Waals surface area contributed by atoms with E-state index in [9.17, 15) is 0 Å². The second kappa shape index (κ2) is 4.94. The Morgan fingerprint density at radius 3 is 2.81 bits per heavy atom. The number of aromatic nitrogens is 2. The summed E-state index contributed by atoms with van der Waals surface area (Å²) < 4.78 is 0. The van der Waals surface area contributed by atoms with E-state index in [1.807, 2.05) is 18.2 Å². The van der Waals surface area contributed by atoms with E-state index in [4.69, 9.17) is 11.6 Å². The van der Waals surface area contributed by atoms with E-state index in [1.165, 1.54) is 5.56 Å². The molecule has 3 nitrogen and oxygen atoms in total. The third kappa shape index (κ3) is 2.49. The second-order valence-electron chi connectivity index (χ2n) is 3.35. The first-order valence-electron chi connectivity index (χ1n) is 5.13. The fraction of sp³-hybridized carbons (Fsp3) is 0.167. The molecular formula is C12H12ClN3. The summed E-state index contributed by atoms with van der Waals surface area (Å²) in [5.74, 6) is 0.709. The zero-order chi connectivity index (χ0) is 11.4. The van der Waals surface area contributed by atoms with E-state index >= 15 is 0 Å². The number of hydrogen-bond donors (Lipinski definition) is 1. The van der Waals surface area contributed by atoms with Crippen molar-refractivity contribution < 1.29 is 0 Å². The monoisotopic (exact) mass is 233 g/mol. The molecule has 1 N–H and O–H groups in total. The van der Waals surface area contributed by atoms with Crippen LogP contribution in [-0.4, -0.2) is 9.97 Å². The van der Waals surface area contributed by atoms with E-state index in [2.05, 4.69) is 28.3 Å². The molecule has 0 aliphatic heterocycles. The Labute approximate surface area is 99.5 Å². The van der Waals surface area contributed by atoms with Gasteiger partial charge in [-0.25, -0.2) is 9.97 Å². The number of anilines is 2. The molecule has 0 spiro atoms. The highest BCUT2D eigenvalue weighted by Gasteiger charge is 2.01. The molecule has 2 aromatic rings. The number of halogens is 1. The van der Waals surface area contributed by atoms with Gasteiger partial charge in [0.15, 0.2) is 0 Å². The molecule has 16 heavy (non-hydrogen) atoms.